The van der Waals surface area contributed by atoms with Crippen LogP contribution in [-0.4, -0.2) is 37.5 Å². The number of hydrogen-bond acceptors (Lipinski definition) is 7. The molecule has 1 aromatic rings. The Morgan fingerprint density at radius 1 is 1.25 bits per heavy atom. The molecule has 9 nitrogen and oxygen atoms in total. The molecule has 0 unspecified atom stereocenters. The molecule has 0 spiro atoms. The number of carbonyl (C=O) groups excluding carboxylic acids is 4. The number of carboxylic acid groups (broad SMARTS) is 1. The summed E-state index contributed by atoms with van der Waals surface area (Å²) < 4.78 is 10.0. The summed E-state index contributed by atoms with van der Waals surface area (Å²) in [6.07, 6.45) is 1.19. The quantitative estimate of drug-likeness (QED) is 0.524. The van der Waals surface area contributed by atoms with Crippen molar-refractivity contribution in [2.45, 2.75) is 0 Å². The van der Waals surface area contributed by atoms with Gasteiger partial charge in [-0.15, -0.1) is 0 Å². The monoisotopic (exact) mass is 353 g/mol. The summed E-state index contributed by atoms with van der Waals surface area (Å²) in [5.41, 5.74) is -0.0107. The van der Waals surface area contributed by atoms with Crippen molar-refractivity contribution in [2.75, 3.05) is 13.7 Å². The summed E-state index contributed by atoms with van der Waals surface area (Å²) in [6, 6.07) is 1.79. The Morgan fingerprint density at radius 2 is 1.88 bits per heavy atom. The fraction of sp³-hybridized carbons (Fsp3) is 0.143. The van der Waals surface area contributed by atoms with E-state index in [1.54, 1.807) is 0 Å². The molecule has 2 rings (SSSR count). The molecule has 1 aromatic carbocycles. The molecule has 4 amide bonds. The Balaban J connectivity index is 2.38. The van der Waals surface area contributed by atoms with E-state index < -0.39 is 30.4 Å². The van der Waals surface area contributed by atoms with Crippen LogP contribution in [0.5, 0.6) is 11.5 Å². The minimum atomic E-state index is -1.44. The first-order chi connectivity index (χ1) is 11.3. The first-order valence-electron chi connectivity index (χ1n) is 6.40. The van der Waals surface area contributed by atoms with Crippen LogP contribution in [0.25, 0.3) is 6.08 Å². The fourth-order valence-electron chi connectivity index (χ4n) is 1.87. The van der Waals surface area contributed by atoms with Crippen molar-refractivity contribution < 1.29 is 33.8 Å². The van der Waals surface area contributed by atoms with Crippen molar-refractivity contribution in [3.63, 3.8) is 0 Å². The van der Waals surface area contributed by atoms with E-state index in [1.165, 1.54) is 25.3 Å². The van der Waals surface area contributed by atoms with E-state index in [0.29, 0.717) is 5.56 Å². The van der Waals surface area contributed by atoms with Crippen molar-refractivity contribution in [3.05, 3.63) is 28.3 Å². The molecule has 1 aliphatic heterocycles. The molecule has 10 heteroatoms. The zero-order valence-electron chi connectivity index (χ0n) is 12.2. The maximum absolute atomic E-state index is 11.7. The van der Waals surface area contributed by atoms with E-state index in [9.17, 15) is 24.3 Å². The molecule has 0 aromatic heterocycles. The van der Waals surface area contributed by atoms with Gasteiger partial charge in [-0.3, -0.25) is 20.2 Å². The molecule has 1 heterocycles. The Kier molecular flexibility index (Phi) is 5.05. The second-order valence-corrected chi connectivity index (χ2v) is 4.90. The van der Waals surface area contributed by atoms with Crippen LogP contribution in [0, 0.1) is 0 Å². The summed E-state index contributed by atoms with van der Waals surface area (Å²) in [4.78, 5) is 44.8. The van der Waals surface area contributed by atoms with Gasteiger partial charge in [-0.1, -0.05) is 11.6 Å². The second-order valence-electron chi connectivity index (χ2n) is 4.49. The van der Waals surface area contributed by atoms with Gasteiger partial charge in [0.2, 0.25) is 0 Å². The van der Waals surface area contributed by atoms with Gasteiger partial charge in [0, 0.05) is 0 Å². The van der Waals surface area contributed by atoms with Crippen molar-refractivity contribution in [3.8, 4) is 11.5 Å². The smallest absolute Gasteiger partial charge is 0.328 e. The van der Waals surface area contributed by atoms with Crippen LogP contribution in [-0.2, 0) is 14.4 Å². The van der Waals surface area contributed by atoms with Crippen LogP contribution in [0.2, 0.25) is 5.02 Å². The SMILES string of the molecule is COc1cc(C=C2C(=O)NC(=O)NC2=O)cc(Cl)c1OCC(=O)[O-]. The van der Waals surface area contributed by atoms with Crippen LogP contribution >= 0.6 is 11.6 Å². The predicted molar refractivity (Wildman–Crippen MR) is 78.2 cm³/mol. The van der Waals surface area contributed by atoms with Gasteiger partial charge in [0.25, 0.3) is 11.8 Å². The maximum Gasteiger partial charge on any atom is 0.328 e. The standard InChI is InChI=1S/C14H11ClN2O7/c1-23-9-4-6(3-8(15)11(9)24-5-10(18)19)2-7-12(20)16-14(22)17-13(7)21/h2-4H,5H2,1H3,(H,18,19)(H2,16,17,20,21,22)/p-1. The maximum atomic E-state index is 11.7. The number of hydrogen-bond donors (Lipinski definition) is 2. The van der Waals surface area contributed by atoms with Crippen molar-refractivity contribution >= 4 is 41.5 Å². The molecule has 0 bridgehead atoms. The molecule has 0 saturated carbocycles. The van der Waals surface area contributed by atoms with Gasteiger partial charge in [-0.25, -0.2) is 4.79 Å². The summed E-state index contributed by atoms with van der Waals surface area (Å²) in [6.45, 7) is -0.733. The summed E-state index contributed by atoms with van der Waals surface area (Å²) in [7, 11) is 1.30. The highest BCUT2D eigenvalue weighted by molar-refractivity contribution is 6.33. The molecule has 0 aliphatic carbocycles. The van der Waals surface area contributed by atoms with Gasteiger partial charge >= 0.3 is 6.03 Å². The number of urea groups is 1. The number of aliphatic carboxylic acids is 1. The number of carbonyl (C=O) groups is 4. The number of benzene rings is 1. The zero-order valence-corrected chi connectivity index (χ0v) is 12.9. The first-order valence-corrected chi connectivity index (χ1v) is 6.78. The summed E-state index contributed by atoms with van der Waals surface area (Å²) in [5.74, 6) is -3.12. The summed E-state index contributed by atoms with van der Waals surface area (Å²) in [5, 5.41) is 14.3. The lowest BCUT2D eigenvalue weighted by atomic mass is 10.1. The van der Waals surface area contributed by atoms with E-state index in [0.717, 1.165) is 0 Å². The third-order valence-corrected chi connectivity index (χ3v) is 3.12. The van der Waals surface area contributed by atoms with Crippen molar-refractivity contribution in [1.29, 1.82) is 0 Å². The Bertz CT molecular complexity index is 751. The van der Waals surface area contributed by atoms with Gasteiger partial charge in [0.1, 0.15) is 12.2 Å². The van der Waals surface area contributed by atoms with Crippen LogP contribution in [0.3, 0.4) is 0 Å². The molecule has 0 radical (unpaired) electrons. The number of amides is 4. The average Bonchev–Trinajstić information content (AvgIpc) is 2.49. The van der Waals surface area contributed by atoms with Gasteiger partial charge < -0.3 is 19.4 Å². The number of carboxylic acids is 1. The summed E-state index contributed by atoms with van der Waals surface area (Å²) >= 11 is 6.01. The zero-order chi connectivity index (χ0) is 17.9. The number of nitrogens with one attached hydrogen (secondary N) is 2. The molecule has 2 N–H and O–H groups in total. The number of barbiturate groups is 1. The highest BCUT2D eigenvalue weighted by Gasteiger charge is 2.27. The Hall–Kier alpha value is -3.07. The number of halogens is 1. The Labute approximate surface area is 140 Å². The molecule has 0 atom stereocenters. The largest absolute Gasteiger partial charge is 0.546 e. The lowest BCUT2D eigenvalue weighted by Gasteiger charge is -2.15. The van der Waals surface area contributed by atoms with Gasteiger partial charge in [0.15, 0.2) is 11.5 Å². The van der Waals surface area contributed by atoms with E-state index in [2.05, 4.69) is 0 Å². The molecule has 24 heavy (non-hydrogen) atoms. The topological polar surface area (TPSA) is 134 Å². The highest BCUT2D eigenvalue weighted by atomic mass is 35.5. The first kappa shape index (κ1) is 17.3. The minimum absolute atomic E-state index is 0.00449. The Morgan fingerprint density at radius 3 is 2.42 bits per heavy atom. The third-order valence-electron chi connectivity index (χ3n) is 2.84. The lowest BCUT2D eigenvalue weighted by molar-refractivity contribution is -0.307. The average molecular weight is 354 g/mol. The third kappa shape index (κ3) is 3.82. The van der Waals surface area contributed by atoms with E-state index in [1.807, 2.05) is 10.6 Å². The predicted octanol–water partition coefficient (Wildman–Crippen LogP) is -0.773. The van der Waals surface area contributed by atoms with Crippen LogP contribution < -0.4 is 25.2 Å². The van der Waals surface area contributed by atoms with Crippen molar-refractivity contribution in [2.24, 2.45) is 0 Å². The van der Waals surface area contributed by atoms with E-state index >= 15 is 0 Å². The van der Waals surface area contributed by atoms with Crippen molar-refractivity contribution in [1.82, 2.24) is 10.6 Å². The molecular weight excluding hydrogens is 344 g/mol. The van der Waals surface area contributed by atoms with Gasteiger partial charge in [-0.2, -0.15) is 0 Å². The van der Waals surface area contributed by atoms with E-state index in [-0.39, 0.29) is 22.1 Å². The van der Waals surface area contributed by atoms with Gasteiger partial charge in [-0.05, 0) is 23.8 Å². The molecule has 1 saturated heterocycles. The number of ether oxygens (including phenoxy) is 2. The molecule has 1 fully saturated rings. The molecule has 1 aliphatic rings. The van der Waals surface area contributed by atoms with Crippen LogP contribution in [0.1, 0.15) is 5.56 Å². The molecule has 126 valence electrons. The number of methoxy groups -OCH3 is 1. The lowest BCUT2D eigenvalue weighted by Crippen LogP contribution is -2.51. The fourth-order valence-corrected chi connectivity index (χ4v) is 2.14. The van der Waals surface area contributed by atoms with Crippen LogP contribution in [0.15, 0.2) is 17.7 Å². The van der Waals surface area contributed by atoms with E-state index in [4.69, 9.17) is 21.1 Å². The van der Waals surface area contributed by atoms with Crippen LogP contribution in [0.4, 0.5) is 4.79 Å². The number of imide groups is 2. The molecular formula is C14H10ClN2O7-. The highest BCUT2D eigenvalue weighted by Crippen LogP contribution is 2.37. The minimum Gasteiger partial charge on any atom is -0.546 e. The van der Waals surface area contributed by atoms with Gasteiger partial charge in [0.05, 0.1) is 18.1 Å². The second kappa shape index (κ2) is 7.01. The normalized spacial score (nSPS) is 13.9. The number of rotatable bonds is 5.